The Balaban J connectivity index is 2.17. The Labute approximate surface area is 138 Å². The third-order valence-electron chi connectivity index (χ3n) is 3.14. The number of hydrogen-bond donors (Lipinski definition) is 1. The summed E-state index contributed by atoms with van der Waals surface area (Å²) in [4.78, 5) is 24.6. The number of thiophene rings is 1. The topological polar surface area (TPSA) is 55.4 Å². The van der Waals surface area contributed by atoms with Crippen molar-refractivity contribution in [2.24, 2.45) is 0 Å². The summed E-state index contributed by atoms with van der Waals surface area (Å²) >= 11 is 7.27. The van der Waals surface area contributed by atoms with Crippen LogP contribution in [0.3, 0.4) is 0 Å². The van der Waals surface area contributed by atoms with Crippen LogP contribution in [0.1, 0.15) is 33.3 Å². The summed E-state index contributed by atoms with van der Waals surface area (Å²) in [6.07, 6.45) is 0. The highest BCUT2D eigenvalue weighted by atomic mass is 35.5. The number of esters is 1. The van der Waals surface area contributed by atoms with Crippen LogP contribution in [0.2, 0.25) is 5.02 Å². The molecule has 0 atom stereocenters. The molecule has 6 heteroatoms. The van der Waals surface area contributed by atoms with E-state index in [0.29, 0.717) is 15.6 Å². The van der Waals surface area contributed by atoms with E-state index in [1.165, 1.54) is 18.3 Å². The van der Waals surface area contributed by atoms with Crippen LogP contribution in [0.5, 0.6) is 0 Å². The zero-order valence-corrected chi connectivity index (χ0v) is 14.1. The summed E-state index contributed by atoms with van der Waals surface area (Å²) in [6, 6.07) is 7.14. The van der Waals surface area contributed by atoms with Crippen LogP contribution in [-0.2, 0) is 16.1 Å². The molecule has 0 saturated heterocycles. The molecule has 0 aliphatic heterocycles. The van der Waals surface area contributed by atoms with E-state index in [9.17, 15) is 9.59 Å². The Bertz CT molecular complexity index is 724. The molecule has 0 spiro atoms. The molecule has 0 fully saturated rings. The van der Waals surface area contributed by atoms with Crippen LogP contribution < -0.4 is 5.32 Å². The second kappa shape index (κ2) is 6.94. The van der Waals surface area contributed by atoms with Crippen LogP contribution in [0, 0.1) is 13.8 Å². The van der Waals surface area contributed by atoms with E-state index in [1.54, 1.807) is 18.2 Å². The highest BCUT2D eigenvalue weighted by molar-refractivity contribution is 7.16. The lowest BCUT2D eigenvalue weighted by Crippen LogP contribution is -2.11. The van der Waals surface area contributed by atoms with Gasteiger partial charge in [-0.05, 0) is 37.1 Å². The number of ether oxygens (including phenoxy) is 1. The van der Waals surface area contributed by atoms with Crippen LogP contribution in [0.15, 0.2) is 24.3 Å². The molecule has 4 nitrogen and oxygen atoms in total. The zero-order valence-electron chi connectivity index (χ0n) is 12.5. The lowest BCUT2D eigenvalue weighted by atomic mass is 10.1. The molecule has 0 radical (unpaired) electrons. The molecule has 1 amide bonds. The van der Waals surface area contributed by atoms with Gasteiger partial charge in [0.1, 0.15) is 11.6 Å². The van der Waals surface area contributed by atoms with Crippen molar-refractivity contribution in [1.82, 2.24) is 0 Å². The summed E-state index contributed by atoms with van der Waals surface area (Å²) in [5, 5.41) is 3.80. The smallest absolute Gasteiger partial charge is 0.341 e. The number of anilines is 1. The first kappa shape index (κ1) is 16.5. The highest BCUT2D eigenvalue weighted by Crippen LogP contribution is 2.33. The number of aryl methyl sites for hydroxylation is 1. The highest BCUT2D eigenvalue weighted by Gasteiger charge is 2.21. The molecule has 1 aromatic carbocycles. The number of benzene rings is 1. The summed E-state index contributed by atoms with van der Waals surface area (Å²) in [7, 11) is 0. The number of halogens is 1. The van der Waals surface area contributed by atoms with Crippen LogP contribution >= 0.6 is 22.9 Å². The van der Waals surface area contributed by atoms with Crippen molar-refractivity contribution < 1.29 is 14.3 Å². The Morgan fingerprint density at radius 3 is 2.68 bits per heavy atom. The average molecular weight is 338 g/mol. The molecule has 0 aliphatic rings. The molecule has 22 heavy (non-hydrogen) atoms. The van der Waals surface area contributed by atoms with Gasteiger partial charge >= 0.3 is 5.97 Å². The van der Waals surface area contributed by atoms with E-state index >= 15 is 0 Å². The number of carbonyl (C=O) groups excluding carboxylic acids is 2. The average Bonchev–Trinajstić information content (AvgIpc) is 2.70. The molecular formula is C16H16ClNO3S. The largest absolute Gasteiger partial charge is 0.457 e. The summed E-state index contributed by atoms with van der Waals surface area (Å²) in [5.74, 6) is -0.671. The third-order valence-corrected chi connectivity index (χ3v) is 4.50. The molecule has 0 unspecified atom stereocenters. The molecular weight excluding hydrogens is 322 g/mol. The normalized spacial score (nSPS) is 10.4. The van der Waals surface area contributed by atoms with Gasteiger partial charge in [-0.3, -0.25) is 4.79 Å². The van der Waals surface area contributed by atoms with Gasteiger partial charge in [0, 0.05) is 16.8 Å². The van der Waals surface area contributed by atoms with Crippen LogP contribution in [-0.4, -0.2) is 11.9 Å². The maximum absolute atomic E-state index is 12.3. The van der Waals surface area contributed by atoms with Gasteiger partial charge in [0.2, 0.25) is 5.91 Å². The second-order valence-corrected chi connectivity index (χ2v) is 6.54. The molecule has 1 aromatic heterocycles. The number of rotatable bonds is 4. The minimum Gasteiger partial charge on any atom is -0.457 e. The quantitative estimate of drug-likeness (QED) is 0.845. The van der Waals surface area contributed by atoms with Gasteiger partial charge in [-0.1, -0.05) is 23.7 Å². The van der Waals surface area contributed by atoms with E-state index < -0.39 is 5.97 Å². The Kier molecular flexibility index (Phi) is 5.21. The first-order valence-electron chi connectivity index (χ1n) is 6.67. The van der Waals surface area contributed by atoms with Gasteiger partial charge in [0.15, 0.2) is 0 Å². The van der Waals surface area contributed by atoms with Crippen LogP contribution in [0.25, 0.3) is 0 Å². The van der Waals surface area contributed by atoms with E-state index in [1.807, 2.05) is 19.9 Å². The minimum atomic E-state index is -0.453. The lowest BCUT2D eigenvalue weighted by molar-refractivity contribution is -0.114. The molecule has 1 heterocycles. The number of carbonyl (C=O) groups is 2. The van der Waals surface area contributed by atoms with E-state index in [2.05, 4.69) is 5.32 Å². The maximum Gasteiger partial charge on any atom is 0.341 e. The molecule has 0 saturated carbocycles. The number of hydrogen-bond acceptors (Lipinski definition) is 4. The van der Waals surface area contributed by atoms with Gasteiger partial charge < -0.3 is 10.1 Å². The minimum absolute atomic E-state index is 0.132. The fourth-order valence-electron chi connectivity index (χ4n) is 1.97. The molecule has 0 aliphatic carbocycles. The van der Waals surface area contributed by atoms with Crippen molar-refractivity contribution in [3.05, 3.63) is 50.9 Å². The fraction of sp³-hybridized carbons (Fsp3) is 0.250. The molecule has 2 rings (SSSR count). The Hall–Kier alpha value is -1.85. The van der Waals surface area contributed by atoms with E-state index in [0.717, 1.165) is 16.0 Å². The molecule has 1 N–H and O–H groups in total. The van der Waals surface area contributed by atoms with Crippen molar-refractivity contribution in [3.63, 3.8) is 0 Å². The van der Waals surface area contributed by atoms with Crippen molar-refractivity contribution in [2.75, 3.05) is 5.32 Å². The lowest BCUT2D eigenvalue weighted by Gasteiger charge is -2.08. The van der Waals surface area contributed by atoms with Crippen LogP contribution in [0.4, 0.5) is 5.00 Å². The maximum atomic E-state index is 12.3. The predicted octanol–water partition coefficient (Wildman–Crippen LogP) is 4.33. The monoisotopic (exact) mass is 337 g/mol. The molecule has 2 aromatic rings. The van der Waals surface area contributed by atoms with E-state index in [4.69, 9.17) is 16.3 Å². The van der Waals surface area contributed by atoms with Crippen molar-refractivity contribution in [2.45, 2.75) is 27.4 Å². The van der Waals surface area contributed by atoms with Crippen molar-refractivity contribution >= 4 is 39.8 Å². The molecule has 0 bridgehead atoms. The fourth-order valence-corrected chi connectivity index (χ4v) is 3.28. The predicted molar refractivity (Wildman–Crippen MR) is 88.7 cm³/mol. The van der Waals surface area contributed by atoms with Crippen molar-refractivity contribution in [1.29, 1.82) is 0 Å². The second-order valence-electron chi connectivity index (χ2n) is 4.87. The zero-order chi connectivity index (χ0) is 16.3. The Morgan fingerprint density at radius 2 is 2.05 bits per heavy atom. The standard InChI is InChI=1S/C16H16ClNO3S/c1-9-10(2)22-15(18-11(3)19)14(9)16(20)21-8-12-5-4-6-13(17)7-12/h4-7H,8H2,1-3H3,(H,18,19). The SMILES string of the molecule is CC(=O)Nc1sc(C)c(C)c1C(=O)OCc1cccc(Cl)c1. The first-order chi connectivity index (χ1) is 10.4. The van der Waals surface area contributed by atoms with Crippen molar-refractivity contribution in [3.8, 4) is 0 Å². The number of amides is 1. The van der Waals surface area contributed by atoms with Gasteiger partial charge in [0.25, 0.3) is 0 Å². The van der Waals surface area contributed by atoms with Gasteiger partial charge in [-0.2, -0.15) is 0 Å². The summed E-state index contributed by atoms with van der Waals surface area (Å²) in [6.45, 7) is 5.28. The van der Waals surface area contributed by atoms with Gasteiger partial charge in [-0.15, -0.1) is 11.3 Å². The molecule has 116 valence electrons. The third kappa shape index (κ3) is 3.87. The van der Waals surface area contributed by atoms with Gasteiger partial charge in [0.05, 0.1) is 5.56 Å². The van der Waals surface area contributed by atoms with Gasteiger partial charge in [-0.25, -0.2) is 4.79 Å². The summed E-state index contributed by atoms with van der Waals surface area (Å²) in [5.41, 5.74) is 2.05. The first-order valence-corrected chi connectivity index (χ1v) is 7.87. The Morgan fingerprint density at radius 1 is 1.32 bits per heavy atom. The number of nitrogens with one attached hydrogen (secondary N) is 1. The van der Waals surface area contributed by atoms with E-state index in [-0.39, 0.29) is 12.5 Å². The summed E-state index contributed by atoms with van der Waals surface area (Å²) < 4.78 is 5.34.